The molecule has 26 heavy (non-hydrogen) atoms. The molecule has 0 N–H and O–H groups in total. The van der Waals surface area contributed by atoms with E-state index in [0.29, 0.717) is 27.5 Å². The fraction of sp³-hybridized carbons (Fsp3) is 0.0500. The zero-order valence-corrected chi connectivity index (χ0v) is 14.6. The zero-order valence-electron chi connectivity index (χ0n) is 13.9. The second kappa shape index (κ2) is 6.61. The highest BCUT2D eigenvalue weighted by atomic mass is 35.5. The van der Waals surface area contributed by atoms with Gasteiger partial charge in [-0.25, -0.2) is 9.50 Å². The molecule has 6 heteroatoms. The minimum absolute atomic E-state index is 0.166. The molecule has 2 aromatic carbocycles. The molecule has 2 aromatic heterocycles. The summed E-state index contributed by atoms with van der Waals surface area (Å²) in [7, 11) is 1.54. The number of hydrogen-bond acceptors (Lipinski definition) is 4. The van der Waals surface area contributed by atoms with Gasteiger partial charge in [0.25, 0.3) is 0 Å². The number of benzene rings is 2. The number of ketones is 1. The van der Waals surface area contributed by atoms with E-state index in [1.54, 1.807) is 42.2 Å². The molecule has 0 bridgehead atoms. The van der Waals surface area contributed by atoms with Gasteiger partial charge < -0.3 is 4.74 Å². The molecule has 128 valence electrons. The van der Waals surface area contributed by atoms with Crippen molar-refractivity contribution in [3.63, 3.8) is 0 Å². The number of ether oxygens (including phenoxy) is 1. The van der Waals surface area contributed by atoms with Gasteiger partial charge in [-0.05, 0) is 24.3 Å². The Morgan fingerprint density at radius 2 is 1.88 bits per heavy atom. The molecular weight excluding hydrogens is 350 g/mol. The van der Waals surface area contributed by atoms with Gasteiger partial charge in [0.15, 0.2) is 11.4 Å². The maximum atomic E-state index is 12.8. The van der Waals surface area contributed by atoms with E-state index in [0.717, 1.165) is 11.3 Å². The highest BCUT2D eigenvalue weighted by molar-refractivity contribution is 6.30. The Hall–Kier alpha value is -3.18. The first kappa shape index (κ1) is 16.3. The Bertz CT molecular complexity index is 1100. The minimum Gasteiger partial charge on any atom is -0.496 e. The lowest BCUT2D eigenvalue weighted by Crippen LogP contribution is -2.06. The van der Waals surface area contributed by atoms with Crippen LogP contribution in [0.25, 0.3) is 16.9 Å². The average Bonchev–Trinajstić information content (AvgIpc) is 3.11. The van der Waals surface area contributed by atoms with Crippen molar-refractivity contribution >= 4 is 23.0 Å². The van der Waals surface area contributed by atoms with Crippen molar-refractivity contribution in [2.45, 2.75) is 0 Å². The molecule has 2 heterocycles. The summed E-state index contributed by atoms with van der Waals surface area (Å²) in [5.41, 5.74) is 3.27. The minimum atomic E-state index is -0.166. The van der Waals surface area contributed by atoms with Crippen molar-refractivity contribution in [2.24, 2.45) is 0 Å². The van der Waals surface area contributed by atoms with Crippen LogP contribution in [0, 0.1) is 0 Å². The Morgan fingerprint density at radius 1 is 1.12 bits per heavy atom. The van der Waals surface area contributed by atoms with Gasteiger partial charge >= 0.3 is 0 Å². The standard InChI is InChI=1S/C20H14ClN3O2/c1-26-18-5-3-2-4-16(18)20(25)14-11-22-19-10-17(23-24(19)12-14)13-6-8-15(21)9-7-13/h2-12H,1H3. The maximum absolute atomic E-state index is 12.8. The van der Waals surface area contributed by atoms with Crippen molar-refractivity contribution in [1.82, 2.24) is 14.6 Å². The largest absolute Gasteiger partial charge is 0.496 e. The monoisotopic (exact) mass is 363 g/mol. The molecule has 0 unspecified atom stereocenters. The molecule has 4 aromatic rings. The summed E-state index contributed by atoms with van der Waals surface area (Å²) in [6.45, 7) is 0. The summed E-state index contributed by atoms with van der Waals surface area (Å²) in [5.74, 6) is 0.361. The maximum Gasteiger partial charge on any atom is 0.199 e. The third-order valence-corrected chi connectivity index (χ3v) is 4.32. The molecule has 0 aliphatic carbocycles. The van der Waals surface area contributed by atoms with Crippen LogP contribution in [-0.2, 0) is 0 Å². The quantitative estimate of drug-likeness (QED) is 0.507. The predicted octanol–water partition coefficient (Wildman–Crippen LogP) is 4.29. The number of aromatic nitrogens is 3. The molecule has 0 spiro atoms. The van der Waals surface area contributed by atoms with Gasteiger partial charge in [0.05, 0.1) is 23.9 Å². The van der Waals surface area contributed by atoms with E-state index < -0.39 is 0 Å². The number of halogens is 1. The van der Waals surface area contributed by atoms with Gasteiger partial charge in [-0.1, -0.05) is 35.9 Å². The fourth-order valence-corrected chi connectivity index (χ4v) is 2.87. The average molecular weight is 364 g/mol. The van der Waals surface area contributed by atoms with Crippen molar-refractivity contribution in [3.05, 3.63) is 83.1 Å². The molecule has 0 aliphatic heterocycles. The third-order valence-electron chi connectivity index (χ3n) is 4.07. The van der Waals surface area contributed by atoms with E-state index in [4.69, 9.17) is 16.3 Å². The van der Waals surface area contributed by atoms with Gasteiger partial charge in [0, 0.05) is 29.0 Å². The van der Waals surface area contributed by atoms with Crippen molar-refractivity contribution in [2.75, 3.05) is 7.11 Å². The van der Waals surface area contributed by atoms with Crippen LogP contribution in [-0.4, -0.2) is 27.5 Å². The van der Waals surface area contributed by atoms with Crippen LogP contribution in [0.15, 0.2) is 67.0 Å². The lowest BCUT2D eigenvalue weighted by molar-refractivity contribution is 0.103. The summed E-state index contributed by atoms with van der Waals surface area (Å²) in [6, 6.07) is 16.4. The first-order valence-corrected chi connectivity index (χ1v) is 8.32. The third kappa shape index (κ3) is 2.93. The van der Waals surface area contributed by atoms with Crippen LogP contribution >= 0.6 is 11.6 Å². The van der Waals surface area contributed by atoms with E-state index in [1.807, 2.05) is 36.4 Å². The van der Waals surface area contributed by atoms with Gasteiger partial charge in [-0.15, -0.1) is 0 Å². The van der Waals surface area contributed by atoms with Gasteiger partial charge in [-0.2, -0.15) is 5.10 Å². The Balaban J connectivity index is 1.74. The number of carbonyl (C=O) groups excluding carboxylic acids is 1. The highest BCUT2D eigenvalue weighted by Gasteiger charge is 2.16. The molecular formula is C20H14ClN3O2. The molecule has 0 saturated carbocycles. The van der Waals surface area contributed by atoms with Gasteiger partial charge in [-0.3, -0.25) is 4.79 Å². The van der Waals surface area contributed by atoms with Crippen LogP contribution in [0.1, 0.15) is 15.9 Å². The summed E-state index contributed by atoms with van der Waals surface area (Å²) in [5, 5.41) is 5.19. The summed E-state index contributed by atoms with van der Waals surface area (Å²) in [6.07, 6.45) is 3.23. The van der Waals surface area contributed by atoms with E-state index in [2.05, 4.69) is 10.1 Å². The van der Waals surface area contributed by atoms with Crippen LogP contribution < -0.4 is 4.74 Å². The van der Waals surface area contributed by atoms with Crippen LogP contribution in [0.4, 0.5) is 0 Å². The summed E-state index contributed by atoms with van der Waals surface area (Å²) in [4.78, 5) is 17.2. The molecule has 0 fully saturated rings. The second-order valence-corrected chi connectivity index (χ2v) is 6.15. The SMILES string of the molecule is COc1ccccc1C(=O)c1cnc2cc(-c3ccc(Cl)cc3)nn2c1. The molecule has 0 saturated heterocycles. The molecule has 0 aliphatic rings. The lowest BCUT2D eigenvalue weighted by Gasteiger charge is -2.07. The molecule has 4 rings (SSSR count). The van der Waals surface area contributed by atoms with E-state index in [9.17, 15) is 4.79 Å². The van der Waals surface area contributed by atoms with E-state index in [-0.39, 0.29) is 5.78 Å². The number of hydrogen-bond donors (Lipinski definition) is 0. The van der Waals surface area contributed by atoms with Gasteiger partial charge in [0.1, 0.15) is 5.75 Å². The van der Waals surface area contributed by atoms with Crippen LogP contribution in [0.3, 0.4) is 0 Å². The smallest absolute Gasteiger partial charge is 0.199 e. The van der Waals surface area contributed by atoms with Crippen LogP contribution in [0.2, 0.25) is 5.02 Å². The van der Waals surface area contributed by atoms with Gasteiger partial charge in [0.2, 0.25) is 0 Å². The zero-order chi connectivity index (χ0) is 18.1. The second-order valence-electron chi connectivity index (χ2n) is 5.71. The summed E-state index contributed by atoms with van der Waals surface area (Å²) >= 11 is 5.93. The predicted molar refractivity (Wildman–Crippen MR) is 99.9 cm³/mol. The van der Waals surface area contributed by atoms with Crippen molar-refractivity contribution < 1.29 is 9.53 Å². The first-order valence-electron chi connectivity index (χ1n) is 7.95. The molecule has 5 nitrogen and oxygen atoms in total. The first-order chi connectivity index (χ1) is 12.7. The molecule has 0 atom stereocenters. The normalized spacial score (nSPS) is 10.8. The number of nitrogens with zero attached hydrogens (tertiary/aromatic N) is 3. The van der Waals surface area contributed by atoms with E-state index >= 15 is 0 Å². The Kier molecular flexibility index (Phi) is 4.14. The molecule has 0 amide bonds. The van der Waals surface area contributed by atoms with Crippen molar-refractivity contribution in [3.8, 4) is 17.0 Å². The van der Waals surface area contributed by atoms with Crippen molar-refractivity contribution in [1.29, 1.82) is 0 Å². The Labute approximate surface area is 154 Å². The number of para-hydroxylation sites is 1. The number of rotatable bonds is 4. The summed E-state index contributed by atoms with van der Waals surface area (Å²) < 4.78 is 6.88. The number of carbonyl (C=O) groups is 1. The lowest BCUT2D eigenvalue weighted by atomic mass is 10.1. The van der Waals surface area contributed by atoms with Crippen LogP contribution in [0.5, 0.6) is 5.75 Å². The van der Waals surface area contributed by atoms with E-state index in [1.165, 1.54) is 0 Å². The molecule has 0 radical (unpaired) electrons. The number of fused-ring (bicyclic) bond motifs is 1. The number of methoxy groups -OCH3 is 1. The highest BCUT2D eigenvalue weighted by Crippen LogP contribution is 2.23. The Morgan fingerprint density at radius 3 is 2.65 bits per heavy atom. The topological polar surface area (TPSA) is 56.5 Å². The fourth-order valence-electron chi connectivity index (χ4n) is 2.74.